The first-order valence-corrected chi connectivity index (χ1v) is 6.15. The fourth-order valence-electron chi connectivity index (χ4n) is 1.77. The molecule has 1 aliphatic heterocycles. The van der Waals surface area contributed by atoms with Crippen molar-refractivity contribution in [2.45, 2.75) is 18.6 Å². The molecule has 21 heavy (non-hydrogen) atoms. The van der Waals surface area contributed by atoms with Crippen molar-refractivity contribution in [2.75, 3.05) is 33.3 Å². The summed E-state index contributed by atoms with van der Waals surface area (Å²) < 4.78 is 41.8. The van der Waals surface area contributed by atoms with Crippen LogP contribution in [0, 0.1) is 0 Å². The molecule has 0 aromatic heterocycles. The molecular formula is C11H16F3N3O4. The number of halogens is 3. The number of nitrogens with one attached hydrogen (secondary N) is 2. The van der Waals surface area contributed by atoms with Gasteiger partial charge in [-0.3, -0.25) is 19.7 Å². The van der Waals surface area contributed by atoms with E-state index >= 15 is 0 Å². The maximum absolute atomic E-state index is 12.5. The molecule has 0 spiro atoms. The van der Waals surface area contributed by atoms with Gasteiger partial charge >= 0.3 is 12.1 Å². The number of alkyl halides is 3. The molecule has 1 atom stereocenters. The van der Waals surface area contributed by atoms with Gasteiger partial charge in [-0.25, -0.2) is 0 Å². The first-order valence-electron chi connectivity index (χ1n) is 6.15. The Morgan fingerprint density at radius 2 is 2.10 bits per heavy atom. The van der Waals surface area contributed by atoms with Crippen molar-refractivity contribution in [3.8, 4) is 0 Å². The number of hydrogen-bond donors (Lipinski definition) is 2. The summed E-state index contributed by atoms with van der Waals surface area (Å²) in [5, 5.41) is 4.93. The summed E-state index contributed by atoms with van der Waals surface area (Å²) in [6, 6.07) is -0.942. The lowest BCUT2D eigenvalue weighted by atomic mass is 10.2. The molecule has 0 bridgehead atoms. The minimum atomic E-state index is -4.58. The molecule has 2 amide bonds. The summed E-state index contributed by atoms with van der Waals surface area (Å²) in [5.41, 5.74) is 0. The van der Waals surface area contributed by atoms with Crippen molar-refractivity contribution < 1.29 is 32.3 Å². The average molecular weight is 311 g/mol. The third-order valence-corrected chi connectivity index (χ3v) is 2.81. The van der Waals surface area contributed by atoms with Crippen molar-refractivity contribution in [2.24, 2.45) is 0 Å². The molecule has 2 N–H and O–H groups in total. The van der Waals surface area contributed by atoms with E-state index in [9.17, 15) is 27.6 Å². The zero-order chi connectivity index (χ0) is 16.0. The van der Waals surface area contributed by atoms with Gasteiger partial charge in [0.25, 0.3) is 0 Å². The van der Waals surface area contributed by atoms with Crippen LogP contribution in [0.15, 0.2) is 0 Å². The van der Waals surface area contributed by atoms with Gasteiger partial charge in [0.1, 0.15) is 12.6 Å². The Kier molecular flexibility index (Phi) is 5.94. The second-order valence-electron chi connectivity index (χ2n) is 4.44. The van der Waals surface area contributed by atoms with Crippen molar-refractivity contribution >= 4 is 17.8 Å². The van der Waals surface area contributed by atoms with Crippen molar-refractivity contribution in [1.29, 1.82) is 0 Å². The Labute approximate surface area is 118 Å². The molecule has 0 aromatic rings. The number of esters is 1. The van der Waals surface area contributed by atoms with Gasteiger partial charge in [0.2, 0.25) is 11.8 Å². The highest BCUT2D eigenvalue weighted by Gasteiger charge is 2.36. The first-order chi connectivity index (χ1) is 9.73. The fourth-order valence-corrected chi connectivity index (χ4v) is 1.77. The first kappa shape index (κ1) is 17.2. The zero-order valence-electron chi connectivity index (χ0n) is 11.3. The normalized spacial score (nSPS) is 18.9. The zero-order valence-corrected chi connectivity index (χ0v) is 11.3. The lowest BCUT2D eigenvalue weighted by molar-refractivity contribution is -0.164. The maximum Gasteiger partial charge on any atom is 0.406 e. The van der Waals surface area contributed by atoms with Crippen molar-refractivity contribution in [3.05, 3.63) is 0 Å². The monoisotopic (exact) mass is 311 g/mol. The minimum Gasteiger partial charge on any atom is -0.469 e. The van der Waals surface area contributed by atoms with Crippen LogP contribution in [0.5, 0.6) is 0 Å². The SMILES string of the molecule is COC(=O)CCN(CC(F)(F)F)C(=O)C1CNC(=O)CN1. The summed E-state index contributed by atoms with van der Waals surface area (Å²) in [6.45, 7) is -2.11. The predicted octanol–water partition coefficient (Wildman–Crippen LogP) is -0.972. The highest BCUT2D eigenvalue weighted by atomic mass is 19.4. The highest BCUT2D eigenvalue weighted by molar-refractivity contribution is 5.87. The van der Waals surface area contributed by atoms with Crippen LogP contribution in [-0.4, -0.2) is 68.2 Å². The van der Waals surface area contributed by atoms with Crippen LogP contribution in [0.4, 0.5) is 13.2 Å². The Morgan fingerprint density at radius 1 is 1.43 bits per heavy atom. The average Bonchev–Trinajstić information content (AvgIpc) is 2.42. The van der Waals surface area contributed by atoms with E-state index in [0.717, 1.165) is 7.11 Å². The van der Waals surface area contributed by atoms with E-state index in [0.29, 0.717) is 4.90 Å². The maximum atomic E-state index is 12.5. The number of piperazine rings is 1. The number of amides is 2. The van der Waals surface area contributed by atoms with Gasteiger partial charge in [-0.15, -0.1) is 0 Å². The summed E-state index contributed by atoms with van der Waals surface area (Å²) in [4.78, 5) is 34.5. The molecule has 0 aliphatic carbocycles. The van der Waals surface area contributed by atoms with Crippen molar-refractivity contribution in [3.63, 3.8) is 0 Å². The standard InChI is InChI=1S/C11H16F3N3O4/c1-21-9(19)2-3-17(6-11(12,13)14)10(20)7-4-16-8(18)5-15-7/h7,15H,2-6H2,1H3,(H,16,18). The topological polar surface area (TPSA) is 87.7 Å². The van der Waals surface area contributed by atoms with Gasteiger partial charge in [-0.2, -0.15) is 13.2 Å². The number of nitrogens with zero attached hydrogens (tertiary/aromatic N) is 1. The Hall–Kier alpha value is -1.84. The number of carbonyl (C=O) groups is 3. The number of ether oxygens (including phenoxy) is 1. The molecule has 1 aliphatic rings. The van der Waals surface area contributed by atoms with Crippen LogP contribution in [0.25, 0.3) is 0 Å². The van der Waals surface area contributed by atoms with Gasteiger partial charge in [0.15, 0.2) is 0 Å². The van der Waals surface area contributed by atoms with Crippen LogP contribution < -0.4 is 10.6 Å². The van der Waals surface area contributed by atoms with E-state index in [1.807, 2.05) is 0 Å². The van der Waals surface area contributed by atoms with Gasteiger partial charge in [0.05, 0.1) is 20.1 Å². The summed E-state index contributed by atoms with van der Waals surface area (Å²) >= 11 is 0. The second-order valence-corrected chi connectivity index (χ2v) is 4.44. The molecule has 0 aromatic carbocycles. The number of hydrogen-bond acceptors (Lipinski definition) is 5. The molecule has 0 radical (unpaired) electrons. The largest absolute Gasteiger partial charge is 0.469 e. The van der Waals surface area contributed by atoms with Gasteiger partial charge in [-0.1, -0.05) is 0 Å². The lowest BCUT2D eigenvalue weighted by Crippen LogP contribution is -2.59. The molecule has 120 valence electrons. The van der Waals surface area contributed by atoms with E-state index in [2.05, 4.69) is 15.4 Å². The number of rotatable bonds is 5. The van der Waals surface area contributed by atoms with E-state index in [1.54, 1.807) is 0 Å². The number of carbonyl (C=O) groups excluding carboxylic acids is 3. The van der Waals surface area contributed by atoms with Crippen molar-refractivity contribution in [1.82, 2.24) is 15.5 Å². The van der Waals surface area contributed by atoms with E-state index in [4.69, 9.17) is 0 Å². The molecule has 1 rings (SSSR count). The van der Waals surface area contributed by atoms with E-state index in [-0.39, 0.29) is 25.4 Å². The van der Waals surface area contributed by atoms with E-state index < -0.39 is 37.2 Å². The molecule has 1 fully saturated rings. The minimum absolute atomic E-state index is 0.0930. The molecule has 10 heteroatoms. The summed E-state index contributed by atoms with van der Waals surface area (Å²) in [5.74, 6) is -1.87. The van der Waals surface area contributed by atoms with Crippen LogP contribution in [-0.2, 0) is 19.1 Å². The van der Waals surface area contributed by atoms with Gasteiger partial charge in [-0.05, 0) is 0 Å². The summed E-state index contributed by atoms with van der Waals surface area (Å²) in [6.07, 6.45) is -4.92. The highest BCUT2D eigenvalue weighted by Crippen LogP contribution is 2.17. The molecule has 1 saturated heterocycles. The molecular weight excluding hydrogens is 295 g/mol. The van der Waals surface area contributed by atoms with E-state index in [1.165, 1.54) is 0 Å². The number of methoxy groups -OCH3 is 1. The third-order valence-electron chi connectivity index (χ3n) is 2.81. The Balaban J connectivity index is 2.67. The fraction of sp³-hybridized carbons (Fsp3) is 0.727. The Morgan fingerprint density at radius 3 is 2.57 bits per heavy atom. The Bertz CT molecular complexity index is 404. The third kappa shape index (κ3) is 5.98. The second kappa shape index (κ2) is 7.25. The molecule has 7 nitrogen and oxygen atoms in total. The molecule has 1 unspecified atom stereocenters. The van der Waals surface area contributed by atoms with Crippen LogP contribution in [0.2, 0.25) is 0 Å². The summed E-state index contributed by atoms with van der Waals surface area (Å²) in [7, 11) is 1.11. The smallest absolute Gasteiger partial charge is 0.406 e. The molecule has 0 saturated carbocycles. The van der Waals surface area contributed by atoms with Gasteiger partial charge < -0.3 is 15.0 Å². The van der Waals surface area contributed by atoms with Gasteiger partial charge in [0, 0.05) is 13.1 Å². The van der Waals surface area contributed by atoms with Crippen LogP contribution >= 0.6 is 0 Å². The van der Waals surface area contributed by atoms with Crippen LogP contribution in [0.1, 0.15) is 6.42 Å². The van der Waals surface area contributed by atoms with Crippen LogP contribution in [0.3, 0.4) is 0 Å². The molecule has 1 heterocycles. The quantitative estimate of drug-likeness (QED) is 0.638. The lowest BCUT2D eigenvalue weighted by Gasteiger charge is -2.30. The predicted molar refractivity (Wildman–Crippen MR) is 64.1 cm³/mol.